The Bertz CT molecular complexity index is 685. The van der Waals surface area contributed by atoms with Crippen LogP contribution in [0, 0.1) is 17.3 Å². The van der Waals surface area contributed by atoms with E-state index >= 15 is 0 Å². The van der Waals surface area contributed by atoms with Crippen LogP contribution in [-0.4, -0.2) is 30.5 Å². The predicted molar refractivity (Wildman–Crippen MR) is 131 cm³/mol. The number of allylic oxidation sites excluding steroid dienone is 3. The Morgan fingerprint density at radius 3 is 2.50 bits per heavy atom. The molecule has 0 amide bonds. The molecule has 0 radical (unpaired) electrons. The van der Waals surface area contributed by atoms with E-state index in [-0.39, 0.29) is 0 Å². The molecule has 1 unspecified atom stereocenters. The van der Waals surface area contributed by atoms with Gasteiger partial charge in [0.05, 0.1) is 12.2 Å². The normalized spacial score (nSPS) is 37.4. The van der Waals surface area contributed by atoms with E-state index in [0.717, 1.165) is 28.5 Å². The summed E-state index contributed by atoms with van der Waals surface area (Å²) < 4.78 is 0. The van der Waals surface area contributed by atoms with Gasteiger partial charge in [-0.15, -0.1) is 0 Å². The van der Waals surface area contributed by atoms with Crippen LogP contribution in [0.15, 0.2) is 35.5 Å². The van der Waals surface area contributed by atoms with Gasteiger partial charge in [0.25, 0.3) is 0 Å². The zero-order chi connectivity index (χ0) is 22.1. The Hall–Kier alpha value is -0.643. The lowest BCUT2D eigenvalue weighted by atomic mass is 9.59. The highest BCUT2D eigenvalue weighted by Gasteiger charge is 2.49. The summed E-state index contributed by atoms with van der Waals surface area (Å²) in [6.45, 7) is 16.7. The van der Waals surface area contributed by atoms with Crippen LogP contribution in [0.4, 0.5) is 0 Å². The number of rotatable bonds is 6. The first kappa shape index (κ1) is 24.0. The van der Waals surface area contributed by atoms with Crippen molar-refractivity contribution in [1.29, 1.82) is 0 Å². The minimum atomic E-state index is -1.04. The summed E-state index contributed by atoms with van der Waals surface area (Å²) in [6.07, 6.45) is 15.4. The topological polar surface area (TPSA) is 40.5 Å². The van der Waals surface area contributed by atoms with E-state index in [1.807, 2.05) is 0 Å². The largest absolute Gasteiger partial charge is 0.393 e. The fraction of sp³-hybridized carbons (Fsp3) is 0.778. The van der Waals surface area contributed by atoms with Gasteiger partial charge in [-0.3, -0.25) is 0 Å². The van der Waals surface area contributed by atoms with Gasteiger partial charge in [-0.25, -0.2) is 0 Å². The number of hydrogen-bond acceptors (Lipinski definition) is 2. The Morgan fingerprint density at radius 2 is 1.80 bits per heavy atom. The second kappa shape index (κ2) is 9.46. The zero-order valence-electron chi connectivity index (χ0n) is 20.2. The van der Waals surface area contributed by atoms with E-state index in [9.17, 15) is 10.2 Å². The van der Waals surface area contributed by atoms with Crippen molar-refractivity contribution < 1.29 is 10.2 Å². The first-order valence-electron chi connectivity index (χ1n) is 12.5. The molecule has 0 aromatic carbocycles. The van der Waals surface area contributed by atoms with Gasteiger partial charge < -0.3 is 10.2 Å². The fourth-order valence-electron chi connectivity index (χ4n) is 6.47. The zero-order valence-corrected chi connectivity index (χ0v) is 21.2. The highest BCUT2D eigenvalue weighted by Crippen LogP contribution is 2.59. The fourth-order valence-corrected chi connectivity index (χ4v) is 7.50. The van der Waals surface area contributed by atoms with Crippen molar-refractivity contribution in [2.45, 2.75) is 115 Å². The molecule has 0 aromatic heterocycles. The number of aliphatic hydroxyl groups is 2. The van der Waals surface area contributed by atoms with Crippen molar-refractivity contribution in [3.8, 4) is 0 Å². The molecule has 3 saturated carbocycles. The monoisotopic (exact) mass is 430 g/mol. The maximum atomic E-state index is 10.2. The van der Waals surface area contributed by atoms with Crippen molar-refractivity contribution in [3.05, 3.63) is 35.5 Å². The van der Waals surface area contributed by atoms with Gasteiger partial charge in [0, 0.05) is 14.5 Å². The molecule has 0 spiro atoms. The smallest absolute Gasteiger partial charge is 0.0811 e. The van der Waals surface area contributed by atoms with Gasteiger partial charge in [-0.2, -0.15) is 0 Å². The summed E-state index contributed by atoms with van der Waals surface area (Å²) in [5, 5.41) is 20.2. The Morgan fingerprint density at radius 1 is 1.10 bits per heavy atom. The van der Waals surface area contributed by atoms with Crippen molar-refractivity contribution in [2.75, 3.05) is 0 Å². The minimum absolute atomic E-state index is 0.422. The molecule has 0 aliphatic heterocycles. The average molecular weight is 431 g/mol. The molecule has 0 bridgehead atoms. The summed E-state index contributed by atoms with van der Waals surface area (Å²) in [4.78, 5) is 0. The summed E-state index contributed by atoms with van der Waals surface area (Å²) >= 11 is 0. The average Bonchev–Trinajstić information content (AvgIpc) is 3.12. The summed E-state index contributed by atoms with van der Waals surface area (Å²) in [6, 6.07) is 0. The lowest BCUT2D eigenvalue weighted by molar-refractivity contribution is 0.0850. The van der Waals surface area contributed by atoms with Crippen LogP contribution in [0.3, 0.4) is 0 Å². The van der Waals surface area contributed by atoms with Crippen LogP contribution < -0.4 is 0 Å². The quantitative estimate of drug-likeness (QED) is 0.444. The van der Waals surface area contributed by atoms with Crippen LogP contribution in [-0.2, 0) is 0 Å². The predicted octanol–water partition coefficient (Wildman–Crippen LogP) is 7.03. The van der Waals surface area contributed by atoms with Crippen molar-refractivity contribution >= 4 is 8.07 Å². The first-order chi connectivity index (χ1) is 14.0. The Balaban J connectivity index is 1.75. The van der Waals surface area contributed by atoms with Gasteiger partial charge in [-0.05, 0) is 72.5 Å². The third kappa shape index (κ3) is 5.05. The molecule has 3 fully saturated rings. The van der Waals surface area contributed by atoms with E-state index in [2.05, 4.69) is 52.2 Å². The lowest BCUT2D eigenvalue weighted by Gasteiger charge is -2.46. The molecule has 0 aromatic rings. The van der Waals surface area contributed by atoms with Crippen LogP contribution in [0.25, 0.3) is 0 Å². The van der Waals surface area contributed by atoms with Crippen LogP contribution in [0.1, 0.15) is 78.1 Å². The van der Waals surface area contributed by atoms with Gasteiger partial charge in [0.1, 0.15) is 0 Å². The second-order valence-electron chi connectivity index (χ2n) is 11.8. The highest BCUT2D eigenvalue weighted by molar-refractivity contribution is 6.77. The van der Waals surface area contributed by atoms with Gasteiger partial charge >= 0.3 is 0 Å². The molecule has 170 valence electrons. The number of hydrogen-bond donors (Lipinski definition) is 2. The molecule has 6 atom stereocenters. The second-order valence-corrected chi connectivity index (χ2v) is 17.6. The number of aliphatic hydroxyl groups excluding tert-OH is 2. The summed E-state index contributed by atoms with van der Waals surface area (Å²) in [7, 11) is -1.04. The Labute approximate surface area is 186 Å². The first-order valence-corrected chi connectivity index (χ1v) is 16.1. The molecule has 30 heavy (non-hydrogen) atoms. The van der Waals surface area contributed by atoms with E-state index in [4.69, 9.17) is 0 Å². The third-order valence-corrected chi connectivity index (χ3v) is 12.4. The summed E-state index contributed by atoms with van der Waals surface area (Å²) in [5.74, 6) is 1.53. The van der Waals surface area contributed by atoms with Crippen LogP contribution >= 0.6 is 0 Å². The molecule has 3 rings (SSSR count). The maximum absolute atomic E-state index is 10.2. The van der Waals surface area contributed by atoms with Gasteiger partial charge in [-0.1, -0.05) is 77.1 Å². The van der Waals surface area contributed by atoms with Crippen molar-refractivity contribution in [1.82, 2.24) is 0 Å². The SMILES string of the molecule is C=C1/C(=C\C=C2/CCC[C@@]3(C(C)CC[C@@H](C)[Si](C)(C)C)CCC[C@@H]23)C[C@@H](O)C[C@@H]1O. The molecular formula is C27H46O2Si. The lowest BCUT2D eigenvalue weighted by Crippen LogP contribution is -2.37. The van der Waals surface area contributed by atoms with Crippen molar-refractivity contribution in [3.63, 3.8) is 0 Å². The third-order valence-electron chi connectivity index (χ3n) is 9.14. The van der Waals surface area contributed by atoms with Gasteiger partial charge in [0.15, 0.2) is 0 Å². The van der Waals surface area contributed by atoms with Gasteiger partial charge in [0.2, 0.25) is 0 Å². The number of fused-ring (bicyclic) bond motifs is 1. The standard InChI is InChI=1S/C27H46O2Si/c1-19(11-12-20(2)30(4,5)6)27-15-7-9-22(25(27)10-8-16-27)13-14-23-17-24(28)18-26(29)21(23)3/h13-14,19-20,24-26,28-29H,3,7-12,15-18H2,1-2,4-6H3/b22-13+,23-14-/t19?,20-,24-,25+,26+,27+/m1/s1. The molecule has 0 saturated heterocycles. The van der Waals surface area contributed by atoms with E-state index < -0.39 is 20.3 Å². The van der Waals surface area contributed by atoms with E-state index in [1.54, 1.807) is 5.57 Å². The van der Waals surface area contributed by atoms with Crippen LogP contribution in [0.2, 0.25) is 25.2 Å². The molecular weight excluding hydrogens is 384 g/mol. The molecule has 3 heteroatoms. The van der Waals surface area contributed by atoms with Crippen molar-refractivity contribution in [2.24, 2.45) is 17.3 Å². The van der Waals surface area contributed by atoms with Crippen LogP contribution in [0.5, 0.6) is 0 Å². The molecule has 3 aliphatic rings. The maximum Gasteiger partial charge on any atom is 0.0811 e. The highest BCUT2D eigenvalue weighted by atomic mass is 28.3. The molecule has 0 heterocycles. The molecule has 2 N–H and O–H groups in total. The minimum Gasteiger partial charge on any atom is -0.393 e. The molecule has 3 aliphatic carbocycles. The van der Waals surface area contributed by atoms with E-state index in [0.29, 0.717) is 18.3 Å². The van der Waals surface area contributed by atoms with E-state index in [1.165, 1.54) is 51.4 Å². The Kier molecular flexibility index (Phi) is 7.57. The molecule has 2 nitrogen and oxygen atoms in total. The summed E-state index contributed by atoms with van der Waals surface area (Å²) in [5.41, 5.74) is 4.87.